The third-order valence-corrected chi connectivity index (χ3v) is 12.2. The Hall–Kier alpha value is -6.63. The summed E-state index contributed by atoms with van der Waals surface area (Å²) >= 11 is 0. The first-order valence-corrected chi connectivity index (χ1v) is 21.8. The van der Waals surface area contributed by atoms with Crippen LogP contribution in [0, 0.1) is 23.7 Å². The van der Waals surface area contributed by atoms with Gasteiger partial charge in [0.2, 0.25) is 11.8 Å². The third kappa shape index (κ3) is 9.88. The minimum Gasteiger partial charge on any atom is -0.453 e. The molecule has 4 N–H and O–H groups in total. The number of benzene rings is 2. The smallest absolute Gasteiger partial charge is 0.407 e. The van der Waals surface area contributed by atoms with Crippen LogP contribution in [0.3, 0.4) is 0 Å². The lowest BCUT2D eigenvalue weighted by molar-refractivity contribution is -0.136. The first-order valence-electron chi connectivity index (χ1n) is 21.8. The van der Waals surface area contributed by atoms with Gasteiger partial charge in [-0.3, -0.25) is 14.4 Å². The summed E-state index contributed by atoms with van der Waals surface area (Å²) < 4.78 is 9.54. The summed E-state index contributed by atoms with van der Waals surface area (Å²) in [6.45, 7) is 10.0. The number of H-pyrrole nitrogens is 2. The van der Waals surface area contributed by atoms with E-state index in [4.69, 9.17) is 14.5 Å². The van der Waals surface area contributed by atoms with Gasteiger partial charge in [-0.2, -0.15) is 0 Å². The number of aromatic amines is 2. The van der Waals surface area contributed by atoms with Crippen LogP contribution in [0.15, 0.2) is 54.9 Å². The van der Waals surface area contributed by atoms with Crippen LogP contribution >= 0.6 is 0 Å². The van der Waals surface area contributed by atoms with Crippen molar-refractivity contribution in [2.75, 3.05) is 40.4 Å². The number of alkyl carbamates (subject to hydrolysis) is 2. The fourth-order valence-electron chi connectivity index (χ4n) is 8.65. The van der Waals surface area contributed by atoms with Crippen LogP contribution in [-0.2, 0) is 19.1 Å². The Morgan fingerprint density at radius 2 is 1.16 bits per heavy atom. The van der Waals surface area contributed by atoms with Crippen molar-refractivity contribution in [1.29, 1.82) is 0 Å². The van der Waals surface area contributed by atoms with Crippen LogP contribution in [-0.4, -0.2) is 117 Å². The summed E-state index contributed by atoms with van der Waals surface area (Å²) in [7, 11) is 2.56. The van der Waals surface area contributed by atoms with E-state index in [1.165, 1.54) is 14.2 Å². The maximum absolute atomic E-state index is 14.0. The van der Waals surface area contributed by atoms with Gasteiger partial charge in [0.1, 0.15) is 23.7 Å². The molecular weight excluding hydrogens is 803 g/mol. The largest absolute Gasteiger partial charge is 0.453 e. The predicted octanol–water partition coefficient (Wildman–Crippen LogP) is 6.19. The number of amides is 5. The van der Waals surface area contributed by atoms with Crippen LogP contribution in [0.5, 0.6) is 0 Å². The number of likely N-dealkylation sites (tertiary alicyclic amines) is 3. The quantitative estimate of drug-likeness (QED) is 0.127. The van der Waals surface area contributed by atoms with Crippen molar-refractivity contribution in [3.63, 3.8) is 0 Å². The van der Waals surface area contributed by atoms with E-state index in [2.05, 4.69) is 37.4 Å². The number of imidazole rings is 2. The molecule has 7 rings (SSSR count). The molecule has 63 heavy (non-hydrogen) atoms. The first-order chi connectivity index (χ1) is 30.4. The lowest BCUT2D eigenvalue weighted by Gasteiger charge is -2.30. The average Bonchev–Trinajstić information content (AvgIpc) is 4.15. The number of hydrogen-bond acceptors (Lipinski definition) is 9. The summed E-state index contributed by atoms with van der Waals surface area (Å²) in [6, 6.07) is 11.4. The predicted molar refractivity (Wildman–Crippen MR) is 235 cm³/mol. The van der Waals surface area contributed by atoms with E-state index in [-0.39, 0.29) is 41.6 Å². The van der Waals surface area contributed by atoms with E-state index < -0.39 is 24.3 Å². The van der Waals surface area contributed by atoms with E-state index in [1.54, 1.807) is 22.2 Å². The van der Waals surface area contributed by atoms with Gasteiger partial charge in [-0.05, 0) is 80.2 Å². The van der Waals surface area contributed by atoms with Crippen molar-refractivity contribution in [3.05, 3.63) is 83.2 Å². The molecule has 332 valence electrons. The number of aromatic nitrogens is 4. The van der Waals surface area contributed by atoms with Gasteiger partial charge in [0.25, 0.3) is 5.91 Å². The number of methoxy groups -OCH3 is 2. The topological polar surface area (TPSA) is 195 Å². The van der Waals surface area contributed by atoms with Crippen molar-refractivity contribution in [3.8, 4) is 34.4 Å². The first kappa shape index (κ1) is 44.4. The number of hydrogen-bond donors (Lipinski definition) is 4. The van der Waals surface area contributed by atoms with Crippen molar-refractivity contribution < 1.29 is 33.4 Å². The van der Waals surface area contributed by atoms with Crippen LogP contribution < -0.4 is 10.6 Å². The summed E-state index contributed by atoms with van der Waals surface area (Å²) in [5.74, 6) is 7.16. The fourth-order valence-corrected chi connectivity index (χ4v) is 8.65. The lowest BCUT2D eigenvalue weighted by Crippen LogP contribution is -2.51. The van der Waals surface area contributed by atoms with Gasteiger partial charge in [-0.25, -0.2) is 19.6 Å². The molecule has 0 saturated carbocycles. The van der Waals surface area contributed by atoms with Gasteiger partial charge in [0, 0.05) is 42.9 Å². The number of nitrogens with zero attached hydrogens (tertiary/aromatic N) is 5. The molecule has 16 heteroatoms. The number of carbonyl (C=O) groups excluding carboxylic acids is 5. The zero-order valence-corrected chi connectivity index (χ0v) is 36.8. The lowest BCUT2D eigenvalue weighted by atomic mass is 10.0. The van der Waals surface area contributed by atoms with Gasteiger partial charge in [0.05, 0.1) is 55.6 Å². The molecule has 2 aromatic heterocycles. The Kier molecular flexibility index (Phi) is 13.8. The van der Waals surface area contributed by atoms with E-state index in [0.29, 0.717) is 54.6 Å². The molecule has 4 aromatic rings. The van der Waals surface area contributed by atoms with Gasteiger partial charge >= 0.3 is 12.2 Å². The molecule has 2 unspecified atom stereocenters. The molecule has 0 bridgehead atoms. The van der Waals surface area contributed by atoms with Gasteiger partial charge < -0.3 is 44.8 Å². The molecule has 3 fully saturated rings. The zero-order valence-electron chi connectivity index (χ0n) is 36.8. The van der Waals surface area contributed by atoms with Crippen molar-refractivity contribution >= 4 is 29.9 Å². The Morgan fingerprint density at radius 3 is 1.65 bits per heavy atom. The molecule has 0 radical (unpaired) electrons. The van der Waals surface area contributed by atoms with Crippen LogP contribution in [0.1, 0.15) is 111 Å². The minimum atomic E-state index is -0.737. The van der Waals surface area contributed by atoms with Gasteiger partial charge in [0.15, 0.2) is 0 Å². The second-order valence-corrected chi connectivity index (χ2v) is 17.0. The molecule has 3 saturated heterocycles. The number of rotatable bonds is 11. The monoisotopic (exact) mass is 859 g/mol. The average molecular weight is 860 g/mol. The van der Waals surface area contributed by atoms with Crippen molar-refractivity contribution in [1.82, 2.24) is 45.3 Å². The summed E-state index contributed by atoms with van der Waals surface area (Å²) in [5, 5.41) is 5.38. The van der Waals surface area contributed by atoms with Crippen LogP contribution in [0.2, 0.25) is 0 Å². The molecule has 4 atom stereocenters. The molecular formula is C47H57N9O7. The molecule has 3 aliphatic heterocycles. The van der Waals surface area contributed by atoms with Crippen molar-refractivity contribution in [2.24, 2.45) is 11.8 Å². The second kappa shape index (κ2) is 19.6. The number of nitrogens with one attached hydrogen (secondary N) is 4. The van der Waals surface area contributed by atoms with Crippen molar-refractivity contribution in [2.45, 2.75) is 90.4 Å². The van der Waals surface area contributed by atoms with E-state index in [0.717, 1.165) is 60.9 Å². The van der Waals surface area contributed by atoms with E-state index >= 15 is 0 Å². The van der Waals surface area contributed by atoms with Gasteiger partial charge in [-0.1, -0.05) is 57.7 Å². The summed E-state index contributed by atoms with van der Waals surface area (Å²) in [6.07, 6.45) is 7.20. The molecule has 5 amide bonds. The molecule has 5 heterocycles. The SMILES string of the molecule is COC(=O)N[C@H](C(=O)N1CCCC1c1ncc(-c2ccc(C#Cc3ccc(-c4cnc(C5CCCN5C(=O)[C@@H](NC(=O)OC)C(C)C)[nH]4)cc3C(=O)N3CCCC3)cc2)[nH]1)C(C)C. The highest BCUT2D eigenvalue weighted by atomic mass is 16.5. The summed E-state index contributed by atoms with van der Waals surface area (Å²) in [5.41, 5.74) is 5.08. The number of ether oxygens (including phenoxy) is 2. The molecule has 3 aliphatic rings. The maximum Gasteiger partial charge on any atom is 0.407 e. The Bertz CT molecular complexity index is 2370. The van der Waals surface area contributed by atoms with Crippen LogP contribution in [0.4, 0.5) is 9.59 Å². The zero-order chi connectivity index (χ0) is 44.8. The standard InChI is InChI=1S/C47H57N9O7/c1-28(2)39(52-46(60)62-5)44(58)55-23-9-11-37(55)41-48-26-35(50-41)32-17-14-30(15-18-32)13-16-31-19-20-33(25-34(31)43(57)54-21-7-8-22-54)36-27-49-42(51-36)38-12-10-24-56(38)45(59)40(29(3)4)53-47(61)63-6/h14-15,17-20,25-29,37-40H,7-12,21-24H2,1-6H3,(H,48,50)(H,49,51)(H,52,60)(H,53,61)/t37?,38?,39-,40-/m0/s1. The Morgan fingerprint density at radius 1 is 0.667 bits per heavy atom. The van der Waals surface area contributed by atoms with E-state index in [9.17, 15) is 24.0 Å². The highest BCUT2D eigenvalue weighted by molar-refractivity contribution is 5.98. The van der Waals surface area contributed by atoms with E-state index in [1.807, 2.05) is 75.1 Å². The molecule has 16 nitrogen and oxygen atoms in total. The molecule has 0 spiro atoms. The normalized spacial score (nSPS) is 18.3. The summed E-state index contributed by atoms with van der Waals surface area (Å²) in [4.78, 5) is 87.0. The highest BCUT2D eigenvalue weighted by Crippen LogP contribution is 2.35. The Labute approximate surface area is 367 Å². The minimum absolute atomic E-state index is 0.0730. The maximum atomic E-state index is 14.0. The van der Waals surface area contributed by atoms with Gasteiger partial charge in [-0.15, -0.1) is 0 Å². The number of carbonyl (C=O) groups is 5. The third-order valence-electron chi connectivity index (χ3n) is 12.2. The molecule has 0 aliphatic carbocycles. The highest BCUT2D eigenvalue weighted by Gasteiger charge is 2.39. The fraction of sp³-hybridized carbons (Fsp3) is 0.468. The second-order valence-electron chi connectivity index (χ2n) is 17.0. The van der Waals surface area contributed by atoms with Crippen LogP contribution in [0.25, 0.3) is 22.5 Å². The molecule has 2 aromatic carbocycles. The Balaban J connectivity index is 1.08.